The van der Waals surface area contributed by atoms with E-state index >= 15 is 0 Å². The Balaban J connectivity index is 1.35. The Morgan fingerprint density at radius 1 is 1.16 bits per heavy atom. The van der Waals surface area contributed by atoms with Crippen LogP contribution in [0.3, 0.4) is 0 Å². The number of benzene rings is 1. The highest BCUT2D eigenvalue weighted by Crippen LogP contribution is 2.25. The highest BCUT2D eigenvalue weighted by molar-refractivity contribution is 7.94. The summed E-state index contributed by atoms with van der Waals surface area (Å²) >= 11 is 0. The van der Waals surface area contributed by atoms with Gasteiger partial charge in [-0.2, -0.15) is 4.36 Å². The lowest BCUT2D eigenvalue weighted by Crippen LogP contribution is -2.37. The first-order chi connectivity index (χ1) is 20.7. The number of aromatic nitrogens is 1. The first-order valence-electron chi connectivity index (χ1n) is 14.2. The van der Waals surface area contributed by atoms with Crippen molar-refractivity contribution in [3.8, 4) is 11.1 Å². The maximum absolute atomic E-state index is 14.3. The van der Waals surface area contributed by atoms with Crippen LogP contribution in [-0.2, 0) is 14.5 Å². The first kappa shape index (κ1) is 30.1. The number of anilines is 1. The Bertz CT molecular complexity index is 1700. The van der Waals surface area contributed by atoms with Gasteiger partial charge in [0.1, 0.15) is 6.04 Å². The summed E-state index contributed by atoms with van der Waals surface area (Å²) < 4.78 is 23.8. The summed E-state index contributed by atoms with van der Waals surface area (Å²) in [7, 11) is -3.01. The van der Waals surface area contributed by atoms with Crippen molar-refractivity contribution >= 4 is 33.2 Å². The predicted octanol–water partition coefficient (Wildman–Crippen LogP) is 5.33. The summed E-state index contributed by atoms with van der Waals surface area (Å²) in [5.74, 6) is -1.43. The number of hydrogen-bond donors (Lipinski definition) is 2. The molecule has 11 heteroatoms. The van der Waals surface area contributed by atoms with Crippen LogP contribution in [0.2, 0.25) is 0 Å². The summed E-state index contributed by atoms with van der Waals surface area (Å²) in [5, 5.41) is 11.9. The lowest BCUT2D eigenvalue weighted by atomic mass is 10.1. The molecule has 2 N–H and O–H groups in total. The molecular formula is C32H34N4O6S. The molecule has 3 heterocycles. The molecule has 1 fully saturated rings. The zero-order chi connectivity index (χ0) is 30.4. The molecule has 0 saturated carbocycles. The average molecular weight is 603 g/mol. The number of aliphatic carboxylic acids is 1. The van der Waals surface area contributed by atoms with E-state index in [0.717, 1.165) is 17.5 Å². The van der Waals surface area contributed by atoms with E-state index in [4.69, 9.17) is 4.42 Å². The highest BCUT2D eigenvalue weighted by Gasteiger charge is 2.31. The van der Waals surface area contributed by atoms with Crippen LogP contribution in [0.25, 0.3) is 11.1 Å². The van der Waals surface area contributed by atoms with E-state index in [1.807, 2.05) is 35.3 Å². The molecule has 1 aliphatic carbocycles. The molecule has 224 valence electrons. The summed E-state index contributed by atoms with van der Waals surface area (Å²) in [6.45, 7) is 2.95. The number of nitrogens with zero attached hydrogens (tertiary/aromatic N) is 3. The second kappa shape index (κ2) is 13.3. The van der Waals surface area contributed by atoms with Gasteiger partial charge in [0.2, 0.25) is 0 Å². The summed E-state index contributed by atoms with van der Waals surface area (Å²) in [6, 6.07) is 9.97. The normalized spacial score (nSPS) is 19.6. The van der Waals surface area contributed by atoms with Crippen molar-refractivity contribution in [3.63, 3.8) is 0 Å². The molecule has 2 unspecified atom stereocenters. The van der Waals surface area contributed by atoms with Gasteiger partial charge in [0, 0.05) is 35.0 Å². The molecule has 43 heavy (non-hydrogen) atoms. The monoisotopic (exact) mass is 602 g/mol. The molecule has 1 aromatic carbocycles. The third-order valence-corrected chi connectivity index (χ3v) is 10.3. The minimum absolute atomic E-state index is 0.175. The van der Waals surface area contributed by atoms with Crippen LogP contribution in [0, 0.1) is 6.92 Å². The molecule has 1 aliphatic heterocycles. The number of carboxylic acid groups (broad SMARTS) is 1. The Morgan fingerprint density at radius 3 is 2.77 bits per heavy atom. The van der Waals surface area contributed by atoms with E-state index in [-0.39, 0.29) is 23.0 Å². The van der Waals surface area contributed by atoms with Crippen LogP contribution in [-0.4, -0.2) is 67.1 Å². The van der Waals surface area contributed by atoms with E-state index in [1.54, 1.807) is 43.5 Å². The van der Waals surface area contributed by atoms with Gasteiger partial charge in [-0.05, 0) is 75.5 Å². The van der Waals surface area contributed by atoms with Crippen molar-refractivity contribution in [1.29, 1.82) is 0 Å². The van der Waals surface area contributed by atoms with Crippen LogP contribution >= 0.6 is 0 Å². The number of carboxylic acids is 1. The molecule has 2 amide bonds. The van der Waals surface area contributed by atoms with Gasteiger partial charge < -0.3 is 14.8 Å². The maximum Gasteiger partial charge on any atom is 0.320 e. The van der Waals surface area contributed by atoms with Crippen molar-refractivity contribution in [3.05, 3.63) is 96.2 Å². The smallest absolute Gasteiger partial charge is 0.320 e. The number of pyridine rings is 1. The highest BCUT2D eigenvalue weighted by atomic mass is 32.2. The van der Waals surface area contributed by atoms with Gasteiger partial charge in [-0.25, -0.2) is 4.21 Å². The van der Waals surface area contributed by atoms with E-state index in [0.29, 0.717) is 43.6 Å². The van der Waals surface area contributed by atoms with Gasteiger partial charge in [0.05, 0.1) is 26.8 Å². The summed E-state index contributed by atoms with van der Waals surface area (Å²) in [6.07, 6.45) is 14.3. The zero-order valence-electron chi connectivity index (χ0n) is 23.8. The third-order valence-electron chi connectivity index (χ3n) is 7.69. The van der Waals surface area contributed by atoms with Crippen molar-refractivity contribution in [2.75, 3.05) is 24.2 Å². The van der Waals surface area contributed by atoms with Gasteiger partial charge in [-0.3, -0.25) is 24.3 Å². The number of carbonyl (C=O) groups is 3. The van der Waals surface area contributed by atoms with Crippen LogP contribution in [0.5, 0.6) is 0 Å². The van der Waals surface area contributed by atoms with Crippen molar-refractivity contribution in [2.45, 2.75) is 43.9 Å². The average Bonchev–Trinajstić information content (AvgIpc) is 3.67. The van der Waals surface area contributed by atoms with Crippen LogP contribution in [0.4, 0.5) is 5.69 Å². The fraction of sp³-hybridized carbons (Fsp3) is 0.312. The molecule has 3 atom stereocenters. The van der Waals surface area contributed by atoms with Gasteiger partial charge in [0.15, 0.2) is 5.76 Å². The lowest BCUT2D eigenvalue weighted by molar-refractivity contribution is -0.142. The minimum Gasteiger partial charge on any atom is -0.480 e. The topological polar surface area (TPSA) is 142 Å². The van der Waals surface area contributed by atoms with Crippen molar-refractivity contribution in [2.24, 2.45) is 4.36 Å². The van der Waals surface area contributed by atoms with Gasteiger partial charge in [-0.15, -0.1) is 0 Å². The number of allylic oxidation sites excluding steroid dienone is 3. The van der Waals surface area contributed by atoms with E-state index in [1.165, 1.54) is 12.5 Å². The maximum atomic E-state index is 14.3. The van der Waals surface area contributed by atoms with E-state index in [9.17, 15) is 23.7 Å². The molecule has 2 aromatic heterocycles. The first-order valence-corrected chi connectivity index (χ1v) is 16.0. The van der Waals surface area contributed by atoms with Gasteiger partial charge >= 0.3 is 5.97 Å². The Hall–Kier alpha value is -4.35. The Morgan fingerprint density at radius 2 is 2.02 bits per heavy atom. The zero-order valence-corrected chi connectivity index (χ0v) is 24.7. The van der Waals surface area contributed by atoms with E-state index in [2.05, 4.69) is 14.7 Å². The van der Waals surface area contributed by atoms with Crippen LogP contribution < -0.4 is 5.32 Å². The van der Waals surface area contributed by atoms with Crippen LogP contribution in [0.15, 0.2) is 88.1 Å². The molecule has 5 rings (SSSR count). The second-order valence-corrected chi connectivity index (χ2v) is 13.3. The molecule has 1 saturated heterocycles. The number of likely N-dealkylation sites (tertiary alicyclic amines) is 1. The predicted molar refractivity (Wildman–Crippen MR) is 164 cm³/mol. The number of hydrogen-bond acceptors (Lipinski definition) is 7. The SMILES string of the molecule is Cc1ccoc1C(=O)Nc1cccc(-c2cncc(C(=O)N=[S@](=O)(CCCN3CCCC3C(=O)O)C3C=CC=CC3)c2)c1. The number of rotatable bonds is 10. The Kier molecular flexibility index (Phi) is 9.32. The molecule has 2 aliphatic rings. The Labute approximate surface area is 250 Å². The van der Waals surface area contributed by atoms with Gasteiger partial charge in [-0.1, -0.05) is 36.4 Å². The summed E-state index contributed by atoms with van der Waals surface area (Å²) in [4.78, 5) is 43.8. The fourth-order valence-electron chi connectivity index (χ4n) is 5.42. The third kappa shape index (κ3) is 7.18. The largest absolute Gasteiger partial charge is 0.480 e. The molecule has 0 bridgehead atoms. The second-order valence-electron chi connectivity index (χ2n) is 10.7. The summed E-state index contributed by atoms with van der Waals surface area (Å²) in [5.41, 5.74) is 2.82. The number of aryl methyl sites for hydroxylation is 1. The van der Waals surface area contributed by atoms with Crippen LogP contribution in [0.1, 0.15) is 52.2 Å². The van der Waals surface area contributed by atoms with E-state index < -0.39 is 32.9 Å². The lowest BCUT2D eigenvalue weighted by Gasteiger charge is -2.23. The molecule has 0 spiro atoms. The van der Waals surface area contributed by atoms with Gasteiger partial charge in [0.25, 0.3) is 11.8 Å². The number of carbonyl (C=O) groups excluding carboxylic acids is 2. The fourth-order valence-corrected chi connectivity index (χ4v) is 7.63. The molecule has 3 aromatic rings. The molecule has 0 radical (unpaired) electrons. The number of nitrogens with one attached hydrogen (secondary N) is 1. The molecular weight excluding hydrogens is 568 g/mol. The standard InChI is InChI=1S/C32H34N4O6S/c1-22-13-16-42-29(22)31(38)34-26-9-5-8-23(19-26)24-18-25(21-33-20-24)30(37)35-43(41,27-10-3-2-4-11-27)17-7-15-36-14-6-12-28(36)32(39)40/h2-5,8-10,13,16,18-21,27-28H,6-7,11-12,14-15,17H2,1H3,(H,34,38)(H,39,40)/t27?,28?,43-/m0/s1. The number of amides is 2. The quantitative estimate of drug-likeness (QED) is 0.317. The van der Waals surface area contributed by atoms with Crippen molar-refractivity contribution in [1.82, 2.24) is 9.88 Å². The minimum atomic E-state index is -3.01. The van der Waals surface area contributed by atoms with Crippen molar-refractivity contribution < 1.29 is 28.1 Å². The number of furan rings is 1. The molecule has 10 nitrogen and oxygen atoms in total.